The van der Waals surface area contributed by atoms with E-state index >= 15 is 0 Å². The van der Waals surface area contributed by atoms with E-state index in [1.54, 1.807) is 12.1 Å². The molecule has 5 N–H and O–H groups in total. The average Bonchev–Trinajstić information content (AvgIpc) is 3.08. The lowest BCUT2D eigenvalue weighted by Gasteiger charge is -2.25. The molecule has 3 aromatic rings. The topological polar surface area (TPSA) is 133 Å². The molecule has 2 aromatic heterocycles. The van der Waals surface area contributed by atoms with Crippen molar-refractivity contribution >= 4 is 22.8 Å². The van der Waals surface area contributed by atoms with Gasteiger partial charge in [0.15, 0.2) is 5.65 Å². The summed E-state index contributed by atoms with van der Waals surface area (Å²) in [5.74, 6) is 5.98. The Hall–Kier alpha value is -3.44. The van der Waals surface area contributed by atoms with Crippen molar-refractivity contribution in [2.75, 3.05) is 5.73 Å². The molecule has 0 bridgehead atoms. The summed E-state index contributed by atoms with van der Waals surface area (Å²) in [6.45, 7) is 1.91. The number of nitrogens with zero attached hydrogens (tertiary/aromatic N) is 4. The Balaban J connectivity index is 1.79. The zero-order valence-corrected chi connectivity index (χ0v) is 16.1. The number of rotatable bonds is 2. The number of aliphatic hydroxyl groups excluding tert-OH is 1. The highest BCUT2D eigenvalue weighted by Gasteiger charge is 2.25. The normalized spacial score (nSPS) is 19.0. The maximum absolute atomic E-state index is 11.5. The van der Waals surface area contributed by atoms with E-state index < -0.39 is 5.91 Å². The second kappa shape index (κ2) is 7.53. The summed E-state index contributed by atoms with van der Waals surface area (Å²) in [6, 6.07) is 5.29. The molecule has 0 unspecified atom stereocenters. The number of nitrogens with two attached hydrogens (primary N) is 2. The Labute approximate surface area is 167 Å². The number of hydrogen-bond acceptors (Lipinski definition) is 6. The summed E-state index contributed by atoms with van der Waals surface area (Å²) >= 11 is 0. The standard InChI is InChI=1S/C21H22N6O2/c1-12-2-3-14(20(23)29)10-13(12)4-9-17-18-19(22)24-11-25-21(18)27(26-17)15-5-7-16(28)8-6-15/h2-3,10-11,15-16,28H,5-8H2,1H3,(H2,23,29)(H2,22,24,25)/t15-,16-. The van der Waals surface area contributed by atoms with E-state index in [0.717, 1.165) is 31.2 Å². The minimum absolute atomic E-state index is 0.130. The number of benzene rings is 1. The van der Waals surface area contributed by atoms with Crippen molar-refractivity contribution in [1.82, 2.24) is 19.7 Å². The van der Waals surface area contributed by atoms with Gasteiger partial charge in [-0.05, 0) is 56.2 Å². The largest absolute Gasteiger partial charge is 0.393 e. The molecule has 0 saturated heterocycles. The van der Waals surface area contributed by atoms with Crippen molar-refractivity contribution in [3.8, 4) is 11.8 Å². The number of carbonyl (C=O) groups excluding carboxylic acids is 1. The molecule has 1 fully saturated rings. The predicted octanol–water partition coefficient (Wildman–Crippen LogP) is 1.69. The third-order valence-corrected chi connectivity index (χ3v) is 5.37. The predicted molar refractivity (Wildman–Crippen MR) is 109 cm³/mol. The molecule has 0 aliphatic heterocycles. The molecule has 8 heteroatoms. The number of primary amides is 1. The lowest BCUT2D eigenvalue weighted by Crippen LogP contribution is -2.22. The Bertz CT molecular complexity index is 1150. The lowest BCUT2D eigenvalue weighted by atomic mass is 9.93. The molecule has 8 nitrogen and oxygen atoms in total. The molecule has 148 valence electrons. The summed E-state index contributed by atoms with van der Waals surface area (Å²) in [5.41, 5.74) is 14.6. The highest BCUT2D eigenvalue weighted by Crippen LogP contribution is 2.32. The van der Waals surface area contributed by atoms with Crippen LogP contribution in [0.1, 0.15) is 58.9 Å². The zero-order valence-electron chi connectivity index (χ0n) is 16.1. The molecule has 1 amide bonds. The Morgan fingerprint density at radius 2 is 1.97 bits per heavy atom. The van der Waals surface area contributed by atoms with Gasteiger partial charge in [0.05, 0.1) is 17.5 Å². The maximum Gasteiger partial charge on any atom is 0.248 e. The fourth-order valence-electron chi connectivity index (χ4n) is 3.68. The molecule has 0 spiro atoms. The number of anilines is 1. The molecule has 1 aliphatic carbocycles. The first-order valence-electron chi connectivity index (χ1n) is 9.53. The van der Waals surface area contributed by atoms with Gasteiger partial charge in [0.1, 0.15) is 17.8 Å². The van der Waals surface area contributed by atoms with Gasteiger partial charge in [0.2, 0.25) is 5.91 Å². The number of carbonyl (C=O) groups is 1. The summed E-state index contributed by atoms with van der Waals surface area (Å²) < 4.78 is 1.86. The van der Waals surface area contributed by atoms with Gasteiger partial charge in [0, 0.05) is 11.1 Å². The van der Waals surface area contributed by atoms with E-state index in [-0.39, 0.29) is 12.1 Å². The Morgan fingerprint density at radius 3 is 2.69 bits per heavy atom. The van der Waals surface area contributed by atoms with Gasteiger partial charge in [-0.2, -0.15) is 5.10 Å². The van der Waals surface area contributed by atoms with Crippen molar-refractivity contribution in [2.45, 2.75) is 44.8 Å². The molecule has 29 heavy (non-hydrogen) atoms. The number of aliphatic hydroxyl groups is 1. The molecular formula is C21H22N6O2. The number of fused-ring (bicyclic) bond motifs is 1. The van der Waals surface area contributed by atoms with Crippen LogP contribution in [0.15, 0.2) is 24.5 Å². The minimum Gasteiger partial charge on any atom is -0.393 e. The van der Waals surface area contributed by atoms with Crippen molar-refractivity contribution in [2.24, 2.45) is 5.73 Å². The second-order valence-corrected chi connectivity index (χ2v) is 7.36. The van der Waals surface area contributed by atoms with Crippen molar-refractivity contribution < 1.29 is 9.90 Å². The second-order valence-electron chi connectivity index (χ2n) is 7.36. The van der Waals surface area contributed by atoms with Crippen LogP contribution < -0.4 is 11.5 Å². The molecular weight excluding hydrogens is 368 g/mol. The van der Waals surface area contributed by atoms with Crippen LogP contribution in [0.25, 0.3) is 11.0 Å². The maximum atomic E-state index is 11.5. The van der Waals surface area contributed by atoms with Gasteiger partial charge in [0.25, 0.3) is 0 Å². The van der Waals surface area contributed by atoms with Gasteiger partial charge in [-0.3, -0.25) is 4.79 Å². The van der Waals surface area contributed by atoms with E-state index in [4.69, 9.17) is 11.5 Å². The van der Waals surface area contributed by atoms with E-state index in [1.165, 1.54) is 6.33 Å². The van der Waals surface area contributed by atoms with Crippen LogP contribution in [0.3, 0.4) is 0 Å². The van der Waals surface area contributed by atoms with Crippen LogP contribution in [0.5, 0.6) is 0 Å². The van der Waals surface area contributed by atoms with Crippen molar-refractivity contribution in [3.63, 3.8) is 0 Å². The Kier molecular flexibility index (Phi) is 4.91. The molecule has 2 heterocycles. The number of aromatic nitrogens is 4. The number of aryl methyl sites for hydroxylation is 1. The summed E-state index contributed by atoms with van der Waals surface area (Å²) in [6.07, 6.45) is 4.25. The zero-order chi connectivity index (χ0) is 20.5. The molecule has 0 atom stereocenters. The summed E-state index contributed by atoms with van der Waals surface area (Å²) in [5, 5.41) is 15.1. The van der Waals surface area contributed by atoms with Gasteiger partial charge < -0.3 is 16.6 Å². The van der Waals surface area contributed by atoms with Crippen molar-refractivity contribution in [3.05, 3.63) is 46.9 Å². The smallest absolute Gasteiger partial charge is 0.248 e. The van der Waals surface area contributed by atoms with Gasteiger partial charge in [-0.1, -0.05) is 12.0 Å². The van der Waals surface area contributed by atoms with Gasteiger partial charge in [-0.25, -0.2) is 14.6 Å². The van der Waals surface area contributed by atoms with E-state index in [9.17, 15) is 9.90 Å². The average molecular weight is 390 g/mol. The molecule has 1 aliphatic rings. The molecule has 1 saturated carbocycles. The van der Waals surface area contributed by atoms with Crippen LogP contribution in [0.4, 0.5) is 5.82 Å². The molecule has 1 aromatic carbocycles. The highest BCUT2D eigenvalue weighted by molar-refractivity contribution is 5.93. The SMILES string of the molecule is Cc1ccc(C(N)=O)cc1C#Cc1nn([C@H]2CC[C@H](O)CC2)c2ncnc(N)c12. The van der Waals surface area contributed by atoms with Crippen LogP contribution in [-0.2, 0) is 0 Å². The van der Waals surface area contributed by atoms with Crippen LogP contribution in [0, 0.1) is 18.8 Å². The fraction of sp³-hybridized carbons (Fsp3) is 0.333. The van der Waals surface area contributed by atoms with Gasteiger partial charge >= 0.3 is 0 Å². The van der Waals surface area contributed by atoms with Gasteiger partial charge in [-0.15, -0.1) is 0 Å². The highest BCUT2D eigenvalue weighted by atomic mass is 16.3. The lowest BCUT2D eigenvalue weighted by molar-refractivity contribution is 0.1000. The van der Waals surface area contributed by atoms with Crippen LogP contribution >= 0.6 is 0 Å². The Morgan fingerprint density at radius 1 is 1.21 bits per heavy atom. The van der Waals surface area contributed by atoms with E-state index in [1.807, 2.05) is 17.7 Å². The fourth-order valence-corrected chi connectivity index (χ4v) is 3.68. The first kappa shape index (κ1) is 18.9. The van der Waals surface area contributed by atoms with E-state index in [2.05, 4.69) is 26.9 Å². The monoisotopic (exact) mass is 390 g/mol. The third-order valence-electron chi connectivity index (χ3n) is 5.37. The summed E-state index contributed by atoms with van der Waals surface area (Å²) in [7, 11) is 0. The first-order valence-corrected chi connectivity index (χ1v) is 9.53. The van der Waals surface area contributed by atoms with Crippen molar-refractivity contribution in [1.29, 1.82) is 0 Å². The third kappa shape index (κ3) is 3.65. The minimum atomic E-state index is -0.500. The van der Waals surface area contributed by atoms with Crippen LogP contribution in [0.2, 0.25) is 0 Å². The first-order chi connectivity index (χ1) is 13.9. The number of amides is 1. The number of nitrogen functional groups attached to an aromatic ring is 1. The molecule has 0 radical (unpaired) electrons. The van der Waals surface area contributed by atoms with E-state index in [0.29, 0.717) is 33.7 Å². The summed E-state index contributed by atoms with van der Waals surface area (Å²) in [4.78, 5) is 19.9. The van der Waals surface area contributed by atoms with Crippen LogP contribution in [-0.4, -0.2) is 36.9 Å². The quantitative estimate of drug-likeness (QED) is 0.570. The number of hydrogen-bond donors (Lipinski definition) is 3. The molecule has 4 rings (SSSR count).